The molecule has 1 N–H and O–H groups in total. The lowest BCUT2D eigenvalue weighted by atomic mass is 10.1. The van der Waals surface area contributed by atoms with E-state index in [9.17, 15) is 14.0 Å². The van der Waals surface area contributed by atoms with Crippen LogP contribution in [0.2, 0.25) is 0 Å². The number of nitrogens with zero attached hydrogens (tertiary/aromatic N) is 1. The number of carbonyl (C=O) groups is 2. The van der Waals surface area contributed by atoms with Crippen LogP contribution in [-0.2, 0) is 22.6 Å². The molecule has 30 heavy (non-hydrogen) atoms. The van der Waals surface area contributed by atoms with Crippen molar-refractivity contribution in [3.63, 3.8) is 0 Å². The Hall–Kier alpha value is -3.09. The van der Waals surface area contributed by atoms with Crippen LogP contribution in [-0.4, -0.2) is 43.0 Å². The van der Waals surface area contributed by atoms with E-state index < -0.39 is 6.04 Å². The van der Waals surface area contributed by atoms with Crippen LogP contribution < -0.4 is 14.8 Å². The fourth-order valence-electron chi connectivity index (χ4n) is 3.51. The number of aryl methyl sites for hydroxylation is 1. The van der Waals surface area contributed by atoms with Gasteiger partial charge in [0.15, 0.2) is 11.5 Å². The lowest BCUT2D eigenvalue weighted by Crippen LogP contribution is -2.48. The highest BCUT2D eigenvalue weighted by Crippen LogP contribution is 2.31. The van der Waals surface area contributed by atoms with Gasteiger partial charge in [0.1, 0.15) is 25.1 Å². The number of benzene rings is 2. The van der Waals surface area contributed by atoms with Gasteiger partial charge in [-0.3, -0.25) is 9.59 Å². The van der Waals surface area contributed by atoms with Gasteiger partial charge >= 0.3 is 0 Å². The second kappa shape index (κ2) is 10.1. The summed E-state index contributed by atoms with van der Waals surface area (Å²) in [5.41, 5.74) is 1.73. The quantitative estimate of drug-likeness (QED) is 0.721. The summed E-state index contributed by atoms with van der Waals surface area (Å²) in [4.78, 5) is 27.1. The van der Waals surface area contributed by atoms with Gasteiger partial charge in [-0.15, -0.1) is 0 Å². The molecule has 0 fully saturated rings. The van der Waals surface area contributed by atoms with Crippen molar-refractivity contribution in [3.8, 4) is 11.5 Å². The molecule has 2 aromatic rings. The minimum Gasteiger partial charge on any atom is -0.486 e. The van der Waals surface area contributed by atoms with E-state index in [0.717, 1.165) is 11.1 Å². The van der Waals surface area contributed by atoms with Crippen molar-refractivity contribution in [3.05, 3.63) is 59.4 Å². The van der Waals surface area contributed by atoms with Crippen molar-refractivity contribution in [1.82, 2.24) is 10.2 Å². The maximum atomic E-state index is 13.3. The fraction of sp³-hybridized carbons (Fsp3) is 0.391. The first-order valence-corrected chi connectivity index (χ1v) is 10.2. The molecule has 1 atom stereocenters. The highest BCUT2D eigenvalue weighted by atomic mass is 19.1. The molecule has 0 radical (unpaired) electrons. The molecule has 160 valence electrons. The Labute approximate surface area is 176 Å². The van der Waals surface area contributed by atoms with Crippen LogP contribution in [0.15, 0.2) is 42.5 Å². The summed E-state index contributed by atoms with van der Waals surface area (Å²) in [7, 11) is 1.56. The van der Waals surface area contributed by atoms with Crippen LogP contribution in [0.5, 0.6) is 11.5 Å². The molecule has 0 saturated carbocycles. The Balaban J connectivity index is 1.73. The van der Waals surface area contributed by atoms with Gasteiger partial charge < -0.3 is 19.7 Å². The molecule has 2 aromatic carbocycles. The minimum absolute atomic E-state index is 0.135. The SMILES string of the molecule is CCC(C(=O)NC)N(Cc1ccc(F)cc1)C(=O)CCc1ccc2c(c1)OCCO2. The van der Waals surface area contributed by atoms with Crippen molar-refractivity contribution >= 4 is 11.8 Å². The smallest absolute Gasteiger partial charge is 0.242 e. The lowest BCUT2D eigenvalue weighted by molar-refractivity contribution is -0.141. The average Bonchev–Trinajstić information content (AvgIpc) is 2.78. The van der Waals surface area contributed by atoms with Crippen LogP contribution in [0, 0.1) is 5.82 Å². The van der Waals surface area contributed by atoms with Gasteiger partial charge in [0.2, 0.25) is 11.8 Å². The number of fused-ring (bicyclic) bond motifs is 1. The third-order valence-electron chi connectivity index (χ3n) is 5.13. The predicted molar refractivity (Wildman–Crippen MR) is 111 cm³/mol. The number of hydrogen-bond donors (Lipinski definition) is 1. The molecule has 1 aliphatic rings. The van der Waals surface area contributed by atoms with Gasteiger partial charge in [0.25, 0.3) is 0 Å². The molecule has 0 spiro atoms. The van der Waals surface area contributed by atoms with Gasteiger partial charge in [-0.2, -0.15) is 0 Å². The predicted octanol–water partition coefficient (Wildman–Crippen LogP) is 3.08. The number of likely N-dealkylation sites (N-methyl/N-ethyl adjacent to an activating group) is 1. The molecule has 1 heterocycles. The van der Waals surface area contributed by atoms with Crippen molar-refractivity contribution in [2.45, 2.75) is 38.8 Å². The maximum absolute atomic E-state index is 13.3. The van der Waals surface area contributed by atoms with Gasteiger partial charge in [0, 0.05) is 20.0 Å². The molecule has 0 aliphatic carbocycles. The molecule has 6 nitrogen and oxygen atoms in total. The molecule has 0 bridgehead atoms. The van der Waals surface area contributed by atoms with Gasteiger partial charge in [0.05, 0.1) is 0 Å². The molecule has 3 rings (SSSR count). The highest BCUT2D eigenvalue weighted by molar-refractivity contribution is 5.87. The van der Waals surface area contributed by atoms with Crippen molar-refractivity contribution < 1.29 is 23.5 Å². The van der Waals surface area contributed by atoms with E-state index in [1.807, 2.05) is 25.1 Å². The van der Waals surface area contributed by atoms with Crippen molar-refractivity contribution in [2.75, 3.05) is 20.3 Å². The number of rotatable bonds is 8. The van der Waals surface area contributed by atoms with E-state index in [2.05, 4.69) is 5.32 Å². The highest BCUT2D eigenvalue weighted by Gasteiger charge is 2.27. The second-order valence-corrected chi connectivity index (χ2v) is 7.16. The van der Waals surface area contributed by atoms with E-state index in [1.54, 1.807) is 24.1 Å². The Morgan fingerprint density at radius 3 is 2.40 bits per heavy atom. The standard InChI is InChI=1S/C23H27FN2O4/c1-3-19(23(28)25-2)26(15-17-4-8-18(24)9-5-17)22(27)11-7-16-6-10-20-21(14-16)30-13-12-29-20/h4-6,8-10,14,19H,3,7,11-13,15H2,1-2H3,(H,25,28). The van der Waals surface area contributed by atoms with Gasteiger partial charge in [-0.25, -0.2) is 4.39 Å². The summed E-state index contributed by atoms with van der Waals surface area (Å²) < 4.78 is 24.4. The number of hydrogen-bond acceptors (Lipinski definition) is 4. The third-order valence-corrected chi connectivity index (χ3v) is 5.13. The Morgan fingerprint density at radius 1 is 1.07 bits per heavy atom. The first-order valence-electron chi connectivity index (χ1n) is 10.2. The summed E-state index contributed by atoms with van der Waals surface area (Å²) in [5.74, 6) is 0.705. The van der Waals surface area contributed by atoms with Crippen LogP contribution in [0.25, 0.3) is 0 Å². The number of halogens is 1. The zero-order chi connectivity index (χ0) is 21.5. The largest absolute Gasteiger partial charge is 0.486 e. The van der Waals surface area contributed by atoms with E-state index in [4.69, 9.17) is 9.47 Å². The van der Waals surface area contributed by atoms with E-state index >= 15 is 0 Å². The van der Waals surface area contributed by atoms with Crippen LogP contribution in [0.4, 0.5) is 4.39 Å². The van der Waals surface area contributed by atoms with E-state index in [-0.39, 0.29) is 30.6 Å². The van der Waals surface area contributed by atoms with E-state index in [1.165, 1.54) is 12.1 Å². The van der Waals surface area contributed by atoms with Crippen LogP contribution in [0.1, 0.15) is 30.9 Å². The molecule has 7 heteroatoms. The Morgan fingerprint density at radius 2 is 1.73 bits per heavy atom. The molecular weight excluding hydrogens is 387 g/mol. The second-order valence-electron chi connectivity index (χ2n) is 7.16. The van der Waals surface area contributed by atoms with Crippen molar-refractivity contribution in [2.24, 2.45) is 0 Å². The Kier molecular flexibility index (Phi) is 7.27. The summed E-state index contributed by atoms with van der Waals surface area (Å²) >= 11 is 0. The normalized spacial score (nSPS) is 13.4. The summed E-state index contributed by atoms with van der Waals surface area (Å²) in [5, 5.41) is 2.63. The number of ether oxygens (including phenoxy) is 2. The molecular formula is C23H27FN2O4. The van der Waals surface area contributed by atoms with Crippen molar-refractivity contribution in [1.29, 1.82) is 0 Å². The zero-order valence-electron chi connectivity index (χ0n) is 17.3. The molecule has 1 unspecified atom stereocenters. The van der Waals surface area contributed by atoms with Crippen LogP contribution >= 0.6 is 0 Å². The number of carbonyl (C=O) groups excluding carboxylic acids is 2. The first-order chi connectivity index (χ1) is 14.5. The molecule has 0 aromatic heterocycles. The monoisotopic (exact) mass is 414 g/mol. The van der Waals surface area contributed by atoms with Crippen LogP contribution in [0.3, 0.4) is 0 Å². The minimum atomic E-state index is -0.590. The van der Waals surface area contributed by atoms with Gasteiger partial charge in [-0.05, 0) is 48.2 Å². The fourth-order valence-corrected chi connectivity index (χ4v) is 3.51. The summed E-state index contributed by atoms with van der Waals surface area (Å²) in [6.07, 6.45) is 1.24. The molecule has 0 saturated heterocycles. The summed E-state index contributed by atoms with van der Waals surface area (Å²) in [6.45, 7) is 3.14. The average molecular weight is 414 g/mol. The third kappa shape index (κ3) is 5.28. The number of nitrogens with one attached hydrogen (secondary N) is 1. The first kappa shape index (κ1) is 21.6. The summed E-state index contributed by atoms with van der Waals surface area (Å²) in [6, 6.07) is 11.0. The maximum Gasteiger partial charge on any atom is 0.242 e. The topological polar surface area (TPSA) is 67.9 Å². The number of amides is 2. The Bertz CT molecular complexity index is 885. The lowest BCUT2D eigenvalue weighted by Gasteiger charge is -2.30. The molecule has 2 amide bonds. The van der Waals surface area contributed by atoms with E-state index in [0.29, 0.717) is 37.6 Å². The molecule has 1 aliphatic heterocycles. The zero-order valence-corrected chi connectivity index (χ0v) is 17.3. The van der Waals surface area contributed by atoms with Gasteiger partial charge in [-0.1, -0.05) is 25.1 Å².